The van der Waals surface area contributed by atoms with Crippen LogP contribution in [0.1, 0.15) is 13.3 Å². The molecular formula is C7H14N4O2. The van der Waals surface area contributed by atoms with Gasteiger partial charge in [-0.05, 0) is 13.0 Å². The first-order valence-electron chi connectivity index (χ1n) is 4.34. The van der Waals surface area contributed by atoms with Crippen molar-refractivity contribution in [3.05, 3.63) is 21.0 Å². The predicted molar refractivity (Wildman–Crippen MR) is 48.8 cm³/mol. The molecule has 1 aromatic heterocycles. The second kappa shape index (κ2) is 4.66. The molecule has 0 bridgehead atoms. The fourth-order valence-electron chi connectivity index (χ4n) is 1.03. The van der Waals surface area contributed by atoms with Gasteiger partial charge in [0.2, 0.25) is 0 Å². The maximum absolute atomic E-state index is 11.0. The van der Waals surface area contributed by atoms with E-state index in [1.165, 1.54) is 0 Å². The molecule has 0 amide bonds. The lowest BCUT2D eigenvalue weighted by molar-refractivity contribution is 0.573. The number of nitrogens with zero attached hydrogens (tertiary/aromatic N) is 1. The summed E-state index contributed by atoms with van der Waals surface area (Å²) in [7, 11) is 0. The van der Waals surface area contributed by atoms with E-state index in [9.17, 15) is 9.59 Å². The van der Waals surface area contributed by atoms with Crippen LogP contribution in [0.4, 0.5) is 0 Å². The van der Waals surface area contributed by atoms with E-state index >= 15 is 0 Å². The molecule has 0 spiro atoms. The van der Waals surface area contributed by atoms with Crippen molar-refractivity contribution < 1.29 is 0 Å². The van der Waals surface area contributed by atoms with E-state index in [1.54, 1.807) is 0 Å². The van der Waals surface area contributed by atoms with Gasteiger partial charge in [-0.15, -0.1) is 0 Å². The number of aromatic nitrogens is 3. The Morgan fingerprint density at radius 2 is 1.85 bits per heavy atom. The molecule has 1 aromatic rings. The van der Waals surface area contributed by atoms with E-state index in [-0.39, 0.29) is 11.4 Å². The van der Waals surface area contributed by atoms with Crippen molar-refractivity contribution in [2.45, 2.75) is 19.9 Å². The second-order valence-electron chi connectivity index (χ2n) is 2.76. The minimum atomic E-state index is -0.386. The molecule has 74 valence electrons. The zero-order valence-electron chi connectivity index (χ0n) is 7.59. The van der Waals surface area contributed by atoms with Gasteiger partial charge in [-0.1, -0.05) is 6.92 Å². The van der Waals surface area contributed by atoms with E-state index < -0.39 is 0 Å². The van der Waals surface area contributed by atoms with Gasteiger partial charge in [-0.3, -0.25) is 0 Å². The fraction of sp³-hybridized carbons (Fsp3) is 0.714. The van der Waals surface area contributed by atoms with Gasteiger partial charge in [0.25, 0.3) is 0 Å². The van der Waals surface area contributed by atoms with Gasteiger partial charge in [0.15, 0.2) is 0 Å². The zero-order chi connectivity index (χ0) is 9.68. The predicted octanol–water partition coefficient (Wildman–Crippen LogP) is -1.14. The van der Waals surface area contributed by atoms with Gasteiger partial charge < -0.3 is 5.32 Å². The van der Waals surface area contributed by atoms with Crippen molar-refractivity contribution in [1.82, 2.24) is 20.1 Å². The van der Waals surface area contributed by atoms with Crippen molar-refractivity contribution in [3.63, 3.8) is 0 Å². The lowest BCUT2D eigenvalue weighted by atomic mass is 10.5. The summed E-state index contributed by atoms with van der Waals surface area (Å²) in [5.74, 6) is 0. The van der Waals surface area contributed by atoms with Crippen LogP contribution >= 0.6 is 0 Å². The van der Waals surface area contributed by atoms with E-state index in [4.69, 9.17) is 0 Å². The Hall–Kier alpha value is -1.30. The maximum atomic E-state index is 11.0. The standard InChI is InChI=1S/C7H14N4O2/c1-2-3-8-4-5-11-6(12)9-10-7(11)13/h8H,2-5H2,1H3,(H,9,12)(H,10,13). The number of H-pyrrole nitrogens is 2. The highest BCUT2D eigenvalue weighted by Gasteiger charge is 2.00. The van der Waals surface area contributed by atoms with Crippen molar-refractivity contribution in [2.24, 2.45) is 0 Å². The number of rotatable bonds is 5. The zero-order valence-corrected chi connectivity index (χ0v) is 7.59. The van der Waals surface area contributed by atoms with Crippen LogP contribution in [0.5, 0.6) is 0 Å². The molecule has 0 aliphatic rings. The van der Waals surface area contributed by atoms with Gasteiger partial charge in [0, 0.05) is 13.1 Å². The lowest BCUT2D eigenvalue weighted by Gasteiger charge is -2.00. The molecule has 0 aliphatic heterocycles. The van der Waals surface area contributed by atoms with Crippen molar-refractivity contribution in [2.75, 3.05) is 13.1 Å². The molecule has 0 aromatic carbocycles. The first kappa shape index (κ1) is 9.79. The fourth-order valence-corrected chi connectivity index (χ4v) is 1.03. The topological polar surface area (TPSA) is 82.7 Å². The molecule has 6 nitrogen and oxygen atoms in total. The summed E-state index contributed by atoms with van der Waals surface area (Å²) in [5.41, 5.74) is -0.772. The smallest absolute Gasteiger partial charge is 0.315 e. The van der Waals surface area contributed by atoms with Crippen LogP contribution in [0.2, 0.25) is 0 Å². The summed E-state index contributed by atoms with van der Waals surface area (Å²) < 4.78 is 1.13. The van der Waals surface area contributed by atoms with Crippen LogP contribution in [0.15, 0.2) is 9.59 Å². The average molecular weight is 186 g/mol. The molecule has 0 saturated heterocycles. The van der Waals surface area contributed by atoms with Gasteiger partial charge in [-0.25, -0.2) is 24.4 Å². The van der Waals surface area contributed by atoms with Crippen LogP contribution < -0.4 is 16.7 Å². The average Bonchev–Trinajstić information content (AvgIpc) is 2.42. The van der Waals surface area contributed by atoms with E-state index in [1.807, 2.05) is 0 Å². The Labute approximate surface area is 75.0 Å². The Morgan fingerprint density at radius 1 is 1.23 bits per heavy atom. The number of aromatic amines is 2. The normalized spacial score (nSPS) is 10.5. The molecule has 13 heavy (non-hydrogen) atoms. The minimum absolute atomic E-state index is 0.386. The summed E-state index contributed by atoms with van der Waals surface area (Å²) in [6, 6.07) is 0. The highest BCUT2D eigenvalue weighted by atomic mass is 16.2. The number of nitrogens with one attached hydrogen (secondary N) is 3. The molecule has 0 atom stereocenters. The Bertz CT molecular complexity index is 320. The van der Waals surface area contributed by atoms with Gasteiger partial charge in [0.05, 0.1) is 0 Å². The van der Waals surface area contributed by atoms with E-state index in [0.29, 0.717) is 13.1 Å². The van der Waals surface area contributed by atoms with E-state index in [2.05, 4.69) is 22.4 Å². The van der Waals surface area contributed by atoms with Crippen molar-refractivity contribution in [3.8, 4) is 0 Å². The summed E-state index contributed by atoms with van der Waals surface area (Å²) in [6.07, 6.45) is 1.04. The maximum Gasteiger partial charge on any atom is 0.344 e. The highest BCUT2D eigenvalue weighted by molar-refractivity contribution is 4.65. The summed E-state index contributed by atoms with van der Waals surface area (Å²) in [4.78, 5) is 21.9. The van der Waals surface area contributed by atoms with Crippen LogP contribution in [0, 0.1) is 0 Å². The van der Waals surface area contributed by atoms with Gasteiger partial charge >= 0.3 is 11.4 Å². The summed E-state index contributed by atoms with van der Waals surface area (Å²) in [6.45, 7) is 3.99. The summed E-state index contributed by atoms with van der Waals surface area (Å²) >= 11 is 0. The molecule has 1 rings (SSSR count). The molecule has 0 unspecified atom stereocenters. The third kappa shape index (κ3) is 2.59. The molecule has 6 heteroatoms. The first-order chi connectivity index (χ1) is 6.25. The molecule has 0 aliphatic carbocycles. The molecule has 0 radical (unpaired) electrons. The largest absolute Gasteiger partial charge is 0.344 e. The van der Waals surface area contributed by atoms with Crippen LogP contribution in [-0.2, 0) is 6.54 Å². The molecule has 3 N–H and O–H groups in total. The first-order valence-corrected chi connectivity index (χ1v) is 4.34. The SMILES string of the molecule is CCCNCCn1c(=O)[nH][nH]c1=O. The molecule has 0 fully saturated rings. The molecule has 0 saturated carbocycles. The van der Waals surface area contributed by atoms with E-state index in [0.717, 1.165) is 17.5 Å². The van der Waals surface area contributed by atoms with Crippen molar-refractivity contribution in [1.29, 1.82) is 0 Å². The highest BCUT2D eigenvalue weighted by Crippen LogP contribution is 1.71. The molecular weight excluding hydrogens is 172 g/mol. The third-order valence-electron chi connectivity index (χ3n) is 1.71. The lowest BCUT2D eigenvalue weighted by Crippen LogP contribution is -2.32. The Morgan fingerprint density at radius 3 is 2.38 bits per heavy atom. The number of hydrogen-bond acceptors (Lipinski definition) is 3. The third-order valence-corrected chi connectivity index (χ3v) is 1.71. The monoisotopic (exact) mass is 186 g/mol. The van der Waals surface area contributed by atoms with Gasteiger partial charge in [-0.2, -0.15) is 0 Å². The van der Waals surface area contributed by atoms with Crippen LogP contribution in [0.25, 0.3) is 0 Å². The molecule has 1 heterocycles. The van der Waals surface area contributed by atoms with Crippen molar-refractivity contribution >= 4 is 0 Å². The summed E-state index contributed by atoms with van der Waals surface area (Å²) in [5, 5.41) is 7.54. The Kier molecular flexibility index (Phi) is 3.51. The number of hydrogen-bond donors (Lipinski definition) is 3. The van der Waals surface area contributed by atoms with Crippen LogP contribution in [-0.4, -0.2) is 27.9 Å². The second-order valence-corrected chi connectivity index (χ2v) is 2.76. The quantitative estimate of drug-likeness (QED) is 0.508. The van der Waals surface area contributed by atoms with Crippen LogP contribution in [0.3, 0.4) is 0 Å². The van der Waals surface area contributed by atoms with Gasteiger partial charge in [0.1, 0.15) is 0 Å². The Balaban J connectivity index is 2.45. The minimum Gasteiger partial charge on any atom is -0.315 e.